The van der Waals surface area contributed by atoms with Crippen LogP contribution in [0.5, 0.6) is 0 Å². The van der Waals surface area contributed by atoms with Crippen molar-refractivity contribution in [3.8, 4) is 0 Å². The van der Waals surface area contributed by atoms with Crippen LogP contribution < -0.4 is 5.73 Å². The van der Waals surface area contributed by atoms with E-state index in [1.54, 1.807) is 6.07 Å². The van der Waals surface area contributed by atoms with Crippen LogP contribution in [-0.4, -0.2) is 4.98 Å². The lowest BCUT2D eigenvalue weighted by molar-refractivity contribution is 0.215. The third-order valence-corrected chi connectivity index (χ3v) is 2.61. The Balaban J connectivity index is 0.000000550. The first kappa shape index (κ1) is 15.4. The molecule has 3 heteroatoms. The van der Waals surface area contributed by atoms with Gasteiger partial charge < -0.3 is 5.73 Å². The third-order valence-electron chi connectivity index (χ3n) is 2.61. The molecule has 0 aliphatic rings. The van der Waals surface area contributed by atoms with Gasteiger partial charge in [0.05, 0.1) is 11.2 Å². The summed E-state index contributed by atoms with van der Waals surface area (Å²) in [5.41, 5.74) is 7.27. The van der Waals surface area contributed by atoms with E-state index in [9.17, 15) is 4.39 Å². The molecular formula is C16H23FN2. The smallest absolute Gasteiger partial charge is 0.147 e. The zero-order chi connectivity index (χ0) is 14.6. The lowest BCUT2D eigenvalue weighted by Gasteiger charge is -2.15. The Morgan fingerprint density at radius 2 is 1.79 bits per heavy atom. The average molecular weight is 262 g/mol. The van der Waals surface area contributed by atoms with Crippen LogP contribution in [0.4, 0.5) is 10.1 Å². The van der Waals surface area contributed by atoms with Crippen molar-refractivity contribution >= 4 is 16.6 Å². The van der Waals surface area contributed by atoms with Gasteiger partial charge >= 0.3 is 0 Å². The van der Waals surface area contributed by atoms with E-state index in [1.165, 1.54) is 20.3 Å². The molecule has 1 aromatic heterocycles. The van der Waals surface area contributed by atoms with Crippen LogP contribution in [0.25, 0.3) is 10.9 Å². The fraction of sp³-hybridized carbons (Fsp3) is 0.438. The molecule has 2 nitrogen and oxygen atoms in total. The molecule has 0 radical (unpaired) electrons. The minimum Gasteiger partial charge on any atom is -0.398 e. The van der Waals surface area contributed by atoms with Gasteiger partial charge in [0.2, 0.25) is 0 Å². The highest BCUT2D eigenvalue weighted by molar-refractivity contribution is 5.90. The first-order chi connectivity index (χ1) is 8.79. The Kier molecular flexibility index (Phi) is 4.87. The van der Waals surface area contributed by atoms with Gasteiger partial charge in [-0.15, -0.1) is 0 Å². The number of pyridine rings is 1. The number of aryl methyl sites for hydroxylation is 1. The average Bonchev–Trinajstić information content (AvgIpc) is 2.29. The molecule has 0 bridgehead atoms. The first-order valence-electron chi connectivity index (χ1n) is 6.65. The van der Waals surface area contributed by atoms with E-state index < -0.39 is 5.67 Å². The van der Waals surface area contributed by atoms with Crippen LogP contribution in [0.3, 0.4) is 0 Å². The second-order valence-corrected chi connectivity index (χ2v) is 5.30. The lowest BCUT2D eigenvalue weighted by atomic mass is 10.0. The standard InChI is InChI=1S/C13H15FN2.C3H8/c1-8-4-5-11-9(6-8)10(15)7-12(16-11)13(2,3)14;1-3-2/h4-7H,1-3H3,(H2,15,16);3H2,1-2H3. The largest absolute Gasteiger partial charge is 0.398 e. The number of rotatable bonds is 1. The number of anilines is 1. The summed E-state index contributed by atoms with van der Waals surface area (Å²) in [5, 5.41) is 0.882. The van der Waals surface area contributed by atoms with Crippen molar-refractivity contribution in [3.63, 3.8) is 0 Å². The van der Waals surface area contributed by atoms with Crippen LogP contribution in [0.15, 0.2) is 24.3 Å². The van der Waals surface area contributed by atoms with Crippen LogP contribution in [0.2, 0.25) is 0 Å². The van der Waals surface area contributed by atoms with Gasteiger partial charge in [0.1, 0.15) is 5.67 Å². The molecule has 0 fully saturated rings. The van der Waals surface area contributed by atoms with Crippen molar-refractivity contribution in [2.24, 2.45) is 0 Å². The topological polar surface area (TPSA) is 38.9 Å². The minimum absolute atomic E-state index is 0.376. The fourth-order valence-electron chi connectivity index (χ4n) is 1.67. The highest BCUT2D eigenvalue weighted by Crippen LogP contribution is 2.29. The van der Waals surface area contributed by atoms with Crippen molar-refractivity contribution in [2.45, 2.75) is 46.7 Å². The van der Waals surface area contributed by atoms with Crippen molar-refractivity contribution in [1.82, 2.24) is 4.98 Å². The molecule has 0 saturated heterocycles. The molecule has 0 atom stereocenters. The van der Waals surface area contributed by atoms with Gasteiger partial charge in [-0.05, 0) is 39.0 Å². The van der Waals surface area contributed by atoms with Crippen molar-refractivity contribution in [2.75, 3.05) is 5.73 Å². The molecule has 2 rings (SSSR count). The Labute approximate surface area is 114 Å². The molecule has 0 aliphatic heterocycles. The summed E-state index contributed by atoms with van der Waals surface area (Å²) in [5.74, 6) is 0. The fourth-order valence-corrected chi connectivity index (χ4v) is 1.67. The Morgan fingerprint density at radius 1 is 1.21 bits per heavy atom. The summed E-state index contributed by atoms with van der Waals surface area (Å²) in [6.45, 7) is 9.20. The molecule has 1 heterocycles. The molecule has 0 amide bonds. The van der Waals surface area contributed by atoms with E-state index in [2.05, 4.69) is 18.8 Å². The van der Waals surface area contributed by atoms with Gasteiger partial charge in [0, 0.05) is 11.1 Å². The molecule has 2 aromatic rings. The molecule has 19 heavy (non-hydrogen) atoms. The minimum atomic E-state index is -1.47. The van der Waals surface area contributed by atoms with Gasteiger partial charge in [-0.2, -0.15) is 0 Å². The number of hydrogen-bond acceptors (Lipinski definition) is 2. The number of fused-ring (bicyclic) bond motifs is 1. The van der Waals surface area contributed by atoms with Gasteiger partial charge in [-0.25, -0.2) is 9.37 Å². The molecular weight excluding hydrogens is 239 g/mol. The Morgan fingerprint density at radius 3 is 2.32 bits per heavy atom. The summed E-state index contributed by atoms with van der Waals surface area (Å²) in [4.78, 5) is 4.29. The second-order valence-electron chi connectivity index (χ2n) is 5.30. The summed E-state index contributed by atoms with van der Waals surface area (Å²) < 4.78 is 13.8. The maximum atomic E-state index is 13.8. The highest BCUT2D eigenvalue weighted by Gasteiger charge is 2.21. The monoisotopic (exact) mass is 262 g/mol. The Hall–Kier alpha value is -1.64. The van der Waals surface area contributed by atoms with Crippen LogP contribution in [-0.2, 0) is 5.67 Å². The maximum absolute atomic E-state index is 13.8. The van der Waals surface area contributed by atoms with E-state index in [-0.39, 0.29) is 0 Å². The van der Waals surface area contributed by atoms with Crippen LogP contribution >= 0.6 is 0 Å². The summed E-state index contributed by atoms with van der Waals surface area (Å²) in [7, 11) is 0. The lowest BCUT2D eigenvalue weighted by Crippen LogP contribution is -2.12. The van der Waals surface area contributed by atoms with Gasteiger partial charge in [-0.1, -0.05) is 31.9 Å². The molecule has 0 saturated carbocycles. The number of halogens is 1. The zero-order valence-corrected chi connectivity index (χ0v) is 12.4. The van der Waals surface area contributed by atoms with E-state index in [4.69, 9.17) is 5.73 Å². The number of alkyl halides is 1. The zero-order valence-electron chi connectivity index (χ0n) is 12.4. The molecule has 0 unspecified atom stereocenters. The first-order valence-corrected chi connectivity index (χ1v) is 6.65. The van der Waals surface area contributed by atoms with E-state index >= 15 is 0 Å². The van der Waals surface area contributed by atoms with Crippen molar-refractivity contribution < 1.29 is 4.39 Å². The highest BCUT2D eigenvalue weighted by atomic mass is 19.1. The molecule has 0 aliphatic carbocycles. The van der Waals surface area contributed by atoms with Crippen molar-refractivity contribution in [3.05, 3.63) is 35.5 Å². The number of hydrogen-bond donors (Lipinski definition) is 1. The van der Waals surface area contributed by atoms with E-state index in [1.807, 2.05) is 25.1 Å². The third kappa shape index (κ3) is 3.91. The van der Waals surface area contributed by atoms with E-state index in [0.717, 1.165) is 16.5 Å². The van der Waals surface area contributed by atoms with Crippen LogP contribution in [0, 0.1) is 6.92 Å². The van der Waals surface area contributed by atoms with Gasteiger partial charge in [-0.3, -0.25) is 0 Å². The predicted molar refractivity (Wildman–Crippen MR) is 81.0 cm³/mol. The predicted octanol–water partition coefficient (Wildman–Crippen LogP) is 4.75. The second kappa shape index (κ2) is 6.00. The SMILES string of the molecule is CCC.Cc1ccc2nc(C(C)(C)F)cc(N)c2c1. The number of benzene rings is 1. The molecule has 2 N–H and O–H groups in total. The molecule has 1 aromatic carbocycles. The molecule has 104 valence electrons. The Bertz CT molecular complexity index is 556. The van der Waals surface area contributed by atoms with Crippen molar-refractivity contribution in [1.29, 1.82) is 0 Å². The number of aromatic nitrogens is 1. The summed E-state index contributed by atoms with van der Waals surface area (Å²) in [6, 6.07) is 7.40. The van der Waals surface area contributed by atoms with Gasteiger partial charge in [0.15, 0.2) is 0 Å². The van der Waals surface area contributed by atoms with Crippen LogP contribution in [0.1, 0.15) is 45.4 Å². The number of nitrogen functional groups attached to an aromatic ring is 1. The summed E-state index contributed by atoms with van der Waals surface area (Å²) >= 11 is 0. The van der Waals surface area contributed by atoms with Gasteiger partial charge in [0.25, 0.3) is 0 Å². The quantitative estimate of drug-likeness (QED) is 0.805. The normalized spacial score (nSPS) is 11.1. The maximum Gasteiger partial charge on any atom is 0.147 e. The van der Waals surface area contributed by atoms with E-state index in [0.29, 0.717) is 11.4 Å². The summed E-state index contributed by atoms with van der Waals surface area (Å²) in [6.07, 6.45) is 1.25. The number of nitrogens with two attached hydrogens (primary N) is 1. The molecule has 0 spiro atoms. The number of nitrogens with zero attached hydrogens (tertiary/aromatic N) is 1.